The number of hydrogen-bond acceptors (Lipinski definition) is 4. The fourth-order valence-corrected chi connectivity index (χ4v) is 3.90. The molecule has 3 rings (SSSR count). The highest BCUT2D eigenvalue weighted by Crippen LogP contribution is 2.17. The van der Waals surface area contributed by atoms with E-state index in [4.69, 9.17) is 0 Å². The van der Waals surface area contributed by atoms with E-state index in [0.29, 0.717) is 12.0 Å². The zero-order valence-electron chi connectivity index (χ0n) is 17.5. The minimum absolute atomic E-state index is 0.153. The van der Waals surface area contributed by atoms with Crippen LogP contribution in [0.1, 0.15) is 28.4 Å². The second-order valence-electron chi connectivity index (χ2n) is 7.18. The van der Waals surface area contributed by atoms with Gasteiger partial charge >= 0.3 is 6.03 Å². The van der Waals surface area contributed by atoms with Gasteiger partial charge in [0.1, 0.15) is 0 Å². The molecular weight excluding hydrogens is 412 g/mol. The summed E-state index contributed by atoms with van der Waals surface area (Å²) >= 11 is 0. The Morgan fingerprint density at radius 3 is 2.45 bits per heavy atom. The van der Waals surface area contributed by atoms with Crippen LogP contribution in [0.5, 0.6) is 0 Å². The summed E-state index contributed by atoms with van der Waals surface area (Å²) in [6.07, 6.45) is 2.30. The van der Waals surface area contributed by atoms with Crippen LogP contribution < -0.4 is 15.4 Å². The molecule has 0 saturated carbocycles. The number of urea groups is 1. The van der Waals surface area contributed by atoms with E-state index in [1.807, 2.05) is 49.4 Å². The lowest BCUT2D eigenvalue weighted by Crippen LogP contribution is -2.38. The maximum Gasteiger partial charge on any atom is 0.315 e. The number of carbonyl (C=O) groups is 1. The van der Waals surface area contributed by atoms with Gasteiger partial charge in [0.2, 0.25) is 10.0 Å². The van der Waals surface area contributed by atoms with E-state index in [0.717, 1.165) is 11.3 Å². The van der Waals surface area contributed by atoms with Crippen molar-refractivity contribution >= 4 is 16.1 Å². The number of hydrogen-bond donors (Lipinski definition) is 3. The molecule has 0 aliphatic heterocycles. The highest BCUT2D eigenvalue weighted by atomic mass is 32.2. The molecule has 2 amide bonds. The smallest absolute Gasteiger partial charge is 0.315 e. The minimum atomic E-state index is -3.54. The van der Waals surface area contributed by atoms with E-state index < -0.39 is 10.0 Å². The molecule has 0 saturated heterocycles. The van der Waals surface area contributed by atoms with Crippen molar-refractivity contribution < 1.29 is 13.2 Å². The minimum Gasteiger partial charge on any atom is -0.334 e. The Kier molecular flexibility index (Phi) is 7.38. The maximum atomic E-state index is 12.6. The Morgan fingerprint density at radius 1 is 1.00 bits per heavy atom. The van der Waals surface area contributed by atoms with E-state index in [1.165, 1.54) is 24.7 Å². The zero-order chi connectivity index (χ0) is 22.3. The lowest BCUT2D eigenvalue weighted by Gasteiger charge is -2.19. The van der Waals surface area contributed by atoms with E-state index >= 15 is 0 Å². The van der Waals surface area contributed by atoms with Crippen LogP contribution in [0.15, 0.2) is 77.8 Å². The molecule has 0 bridgehead atoms. The van der Waals surface area contributed by atoms with Crippen LogP contribution in [-0.2, 0) is 23.0 Å². The van der Waals surface area contributed by atoms with Crippen molar-refractivity contribution in [3.8, 4) is 0 Å². The SMILES string of the molecule is CNS(=O)(=O)c1cccc(CNC(=O)NC(Cc2ccc(C)cc2)c2ccccn2)c1. The highest BCUT2D eigenvalue weighted by Gasteiger charge is 2.17. The van der Waals surface area contributed by atoms with Gasteiger partial charge in [0.25, 0.3) is 0 Å². The average Bonchev–Trinajstić information content (AvgIpc) is 2.79. The summed E-state index contributed by atoms with van der Waals surface area (Å²) in [6, 6.07) is 19.5. The summed E-state index contributed by atoms with van der Waals surface area (Å²) < 4.78 is 26.2. The summed E-state index contributed by atoms with van der Waals surface area (Å²) in [4.78, 5) is 17.2. The van der Waals surface area contributed by atoms with Crippen molar-refractivity contribution in [2.24, 2.45) is 0 Å². The molecule has 3 N–H and O–H groups in total. The molecule has 0 aliphatic carbocycles. The standard InChI is InChI=1S/C23H26N4O3S/c1-17-9-11-18(12-10-17)15-22(21-8-3-4-13-25-21)27-23(28)26-16-19-6-5-7-20(14-19)31(29,30)24-2/h3-14,22,24H,15-16H2,1-2H3,(H2,26,27,28). The number of aromatic nitrogens is 1. The van der Waals surface area contributed by atoms with E-state index in [9.17, 15) is 13.2 Å². The third-order valence-electron chi connectivity index (χ3n) is 4.84. The van der Waals surface area contributed by atoms with Gasteiger partial charge in [0.15, 0.2) is 0 Å². The largest absolute Gasteiger partial charge is 0.334 e. The van der Waals surface area contributed by atoms with E-state index in [2.05, 4.69) is 20.3 Å². The van der Waals surface area contributed by atoms with Crippen molar-refractivity contribution in [3.05, 3.63) is 95.3 Å². The summed E-state index contributed by atoms with van der Waals surface area (Å²) in [5.41, 5.74) is 3.71. The van der Waals surface area contributed by atoms with Gasteiger partial charge in [0, 0.05) is 12.7 Å². The second-order valence-corrected chi connectivity index (χ2v) is 9.07. The lowest BCUT2D eigenvalue weighted by atomic mass is 10.0. The predicted octanol–water partition coefficient (Wildman–Crippen LogP) is 3.08. The number of pyridine rings is 1. The monoisotopic (exact) mass is 438 g/mol. The normalized spacial score (nSPS) is 12.2. The number of aryl methyl sites for hydroxylation is 1. The van der Waals surface area contributed by atoms with Gasteiger partial charge in [-0.3, -0.25) is 4.98 Å². The molecule has 162 valence electrons. The molecule has 7 nitrogen and oxygen atoms in total. The molecular formula is C23H26N4O3S. The third kappa shape index (κ3) is 6.37. The van der Waals surface area contributed by atoms with E-state index in [1.54, 1.807) is 18.3 Å². The predicted molar refractivity (Wildman–Crippen MR) is 120 cm³/mol. The van der Waals surface area contributed by atoms with Gasteiger partial charge in [-0.15, -0.1) is 0 Å². The molecule has 3 aromatic rings. The van der Waals surface area contributed by atoms with Gasteiger partial charge in [-0.1, -0.05) is 48.0 Å². The molecule has 2 aromatic carbocycles. The number of sulfonamides is 1. The zero-order valence-corrected chi connectivity index (χ0v) is 18.3. The molecule has 1 atom stereocenters. The van der Waals surface area contributed by atoms with Gasteiger partial charge in [0.05, 0.1) is 16.6 Å². The van der Waals surface area contributed by atoms with Crippen molar-refractivity contribution in [3.63, 3.8) is 0 Å². The van der Waals surface area contributed by atoms with Gasteiger partial charge in [-0.2, -0.15) is 0 Å². The van der Waals surface area contributed by atoms with Crippen molar-refractivity contribution in [2.45, 2.75) is 30.8 Å². The summed E-state index contributed by atoms with van der Waals surface area (Å²) in [5.74, 6) is 0. The Labute approximate surface area is 183 Å². The molecule has 1 aromatic heterocycles. The van der Waals surface area contributed by atoms with Gasteiger partial charge < -0.3 is 10.6 Å². The van der Waals surface area contributed by atoms with Crippen molar-refractivity contribution in [1.29, 1.82) is 0 Å². The summed E-state index contributed by atoms with van der Waals surface area (Å²) in [5, 5.41) is 5.78. The van der Waals surface area contributed by atoms with Crippen LogP contribution in [0.2, 0.25) is 0 Å². The first-order valence-corrected chi connectivity index (χ1v) is 11.4. The number of nitrogens with zero attached hydrogens (tertiary/aromatic N) is 1. The van der Waals surface area contributed by atoms with Crippen molar-refractivity contribution in [1.82, 2.24) is 20.3 Å². The summed E-state index contributed by atoms with van der Waals surface area (Å²) in [7, 11) is -2.18. The number of benzene rings is 2. The molecule has 31 heavy (non-hydrogen) atoms. The molecule has 0 fully saturated rings. The number of rotatable bonds is 8. The fraction of sp³-hybridized carbons (Fsp3) is 0.217. The van der Waals surface area contributed by atoms with Crippen molar-refractivity contribution in [2.75, 3.05) is 7.05 Å². The molecule has 0 aliphatic rings. The van der Waals surface area contributed by atoms with Crippen LogP contribution >= 0.6 is 0 Å². The van der Waals surface area contributed by atoms with Crippen LogP contribution in [0.25, 0.3) is 0 Å². The first-order valence-electron chi connectivity index (χ1n) is 9.91. The van der Waals surface area contributed by atoms with Crippen LogP contribution in [0.3, 0.4) is 0 Å². The lowest BCUT2D eigenvalue weighted by molar-refractivity contribution is 0.236. The molecule has 1 heterocycles. The first kappa shape index (κ1) is 22.5. The van der Waals surface area contributed by atoms with Crippen LogP contribution in [0, 0.1) is 6.92 Å². The van der Waals surface area contributed by atoms with E-state index in [-0.39, 0.29) is 23.5 Å². The van der Waals surface area contributed by atoms with Crippen LogP contribution in [-0.4, -0.2) is 26.5 Å². The maximum absolute atomic E-state index is 12.6. The third-order valence-corrected chi connectivity index (χ3v) is 6.25. The second kappa shape index (κ2) is 10.2. The number of nitrogens with one attached hydrogen (secondary N) is 3. The Bertz CT molecular complexity index is 1120. The van der Waals surface area contributed by atoms with Gasteiger partial charge in [-0.05, 0) is 55.8 Å². The average molecular weight is 439 g/mol. The first-order chi connectivity index (χ1) is 14.9. The molecule has 0 radical (unpaired) electrons. The molecule has 8 heteroatoms. The number of amides is 2. The van der Waals surface area contributed by atoms with Gasteiger partial charge in [-0.25, -0.2) is 17.9 Å². The molecule has 0 spiro atoms. The topological polar surface area (TPSA) is 100 Å². The molecule has 1 unspecified atom stereocenters. The highest BCUT2D eigenvalue weighted by molar-refractivity contribution is 7.89. The Balaban J connectivity index is 1.68. The quantitative estimate of drug-likeness (QED) is 0.503. The Hall–Kier alpha value is -3.23. The Morgan fingerprint density at radius 2 is 1.77 bits per heavy atom. The number of carbonyl (C=O) groups excluding carboxylic acids is 1. The summed E-state index contributed by atoms with van der Waals surface area (Å²) in [6.45, 7) is 2.22. The fourth-order valence-electron chi connectivity index (χ4n) is 3.10. The van der Waals surface area contributed by atoms with Crippen LogP contribution in [0.4, 0.5) is 4.79 Å².